The molecule has 0 aromatic heterocycles. The van der Waals surface area contributed by atoms with Gasteiger partial charge in [0.15, 0.2) is 0 Å². The van der Waals surface area contributed by atoms with Gasteiger partial charge in [-0.25, -0.2) is 0 Å². The molecule has 2 N–H and O–H groups in total. The molecule has 0 amide bonds. The van der Waals surface area contributed by atoms with E-state index in [4.69, 9.17) is 5.11 Å². The number of halogens is 1. The third-order valence-electron chi connectivity index (χ3n) is 0.931. The Morgan fingerprint density at radius 2 is 2.18 bits per heavy atom. The zero-order valence-corrected chi connectivity index (χ0v) is 7.99. The van der Waals surface area contributed by atoms with Crippen molar-refractivity contribution in [1.29, 1.82) is 0 Å². The number of carbonyl (C=O) groups is 1. The van der Waals surface area contributed by atoms with Crippen LogP contribution in [0.1, 0.15) is 6.92 Å². The summed E-state index contributed by atoms with van der Waals surface area (Å²) in [6.45, 7) is 2.52. The van der Waals surface area contributed by atoms with E-state index in [9.17, 15) is 4.79 Å². The molecule has 3 nitrogen and oxygen atoms in total. The van der Waals surface area contributed by atoms with Crippen LogP contribution in [0.3, 0.4) is 0 Å². The lowest BCUT2D eigenvalue weighted by Gasteiger charge is -2.07. The van der Waals surface area contributed by atoms with E-state index >= 15 is 0 Å². The zero-order valence-electron chi connectivity index (χ0n) is 6.28. The molecule has 0 unspecified atom stereocenters. The molecule has 11 heavy (non-hydrogen) atoms. The number of hydrogen-bond donors (Lipinski definition) is 3. The van der Waals surface area contributed by atoms with E-state index in [1.165, 1.54) is 0 Å². The summed E-state index contributed by atoms with van der Waals surface area (Å²) >= 11 is 3.85. The van der Waals surface area contributed by atoms with Crippen LogP contribution in [-0.2, 0) is 4.79 Å². The Morgan fingerprint density at radius 1 is 1.73 bits per heavy atom. The van der Waals surface area contributed by atoms with E-state index in [0.717, 1.165) is 0 Å². The molecule has 0 aliphatic carbocycles. The van der Waals surface area contributed by atoms with Crippen LogP contribution in [0.2, 0.25) is 0 Å². The van der Waals surface area contributed by atoms with Gasteiger partial charge in [-0.2, -0.15) is 12.6 Å². The van der Waals surface area contributed by atoms with Crippen LogP contribution in [0.4, 0.5) is 0 Å². The number of rotatable bonds is 4. The van der Waals surface area contributed by atoms with Crippen molar-refractivity contribution in [3.63, 3.8) is 0 Å². The first-order chi connectivity index (χ1) is 4.22. The van der Waals surface area contributed by atoms with Crippen LogP contribution in [0, 0.1) is 0 Å². The van der Waals surface area contributed by atoms with Gasteiger partial charge in [-0.05, 0) is 6.54 Å². The summed E-state index contributed by atoms with van der Waals surface area (Å²) < 4.78 is 0. The summed E-state index contributed by atoms with van der Waals surface area (Å²) in [4.78, 5) is 10.2. The maximum Gasteiger partial charge on any atom is 0.321 e. The van der Waals surface area contributed by atoms with Gasteiger partial charge in [-0.3, -0.25) is 4.79 Å². The second-order valence-corrected chi connectivity index (χ2v) is 2.00. The standard InChI is InChI=1S/C5H11NO2S.B.ClH/c1-2-6-4(3-9)5(7)8;;/h4,6,9H,2-3H2,1H3,(H,7,8);;1H/t4-;;/m0../s1. The highest BCUT2D eigenvalue weighted by molar-refractivity contribution is 7.80. The molecule has 3 radical (unpaired) electrons. The molecular formula is C5H12BClNO2S. The lowest BCUT2D eigenvalue weighted by molar-refractivity contribution is -0.138. The molecule has 0 spiro atoms. The summed E-state index contributed by atoms with van der Waals surface area (Å²) in [5.41, 5.74) is 0. The van der Waals surface area contributed by atoms with Gasteiger partial charge in [0.2, 0.25) is 0 Å². The van der Waals surface area contributed by atoms with Gasteiger partial charge in [-0.15, -0.1) is 12.4 Å². The average molecular weight is 196 g/mol. The number of nitrogens with one attached hydrogen (secondary N) is 1. The summed E-state index contributed by atoms with van der Waals surface area (Å²) in [7, 11) is 0. The first-order valence-corrected chi connectivity index (χ1v) is 3.42. The fourth-order valence-corrected chi connectivity index (χ4v) is 0.762. The molecule has 0 saturated heterocycles. The molecule has 0 aromatic carbocycles. The Morgan fingerprint density at radius 3 is 2.27 bits per heavy atom. The molecule has 0 heterocycles. The number of aliphatic carboxylic acids is 1. The van der Waals surface area contributed by atoms with E-state index in [2.05, 4.69) is 17.9 Å². The zero-order chi connectivity index (χ0) is 7.28. The molecule has 0 aliphatic rings. The van der Waals surface area contributed by atoms with Crippen molar-refractivity contribution in [3.05, 3.63) is 0 Å². The van der Waals surface area contributed by atoms with Crippen molar-refractivity contribution in [2.24, 2.45) is 0 Å². The van der Waals surface area contributed by atoms with Gasteiger partial charge >= 0.3 is 5.97 Å². The van der Waals surface area contributed by atoms with E-state index < -0.39 is 12.0 Å². The van der Waals surface area contributed by atoms with Crippen LogP contribution >= 0.6 is 25.0 Å². The molecule has 6 heteroatoms. The second kappa shape index (κ2) is 10.1. The van der Waals surface area contributed by atoms with Crippen LogP contribution in [0.25, 0.3) is 0 Å². The SMILES string of the molecule is CCN[C@@H](CS)C(=O)O.Cl.[B]. The summed E-state index contributed by atoms with van der Waals surface area (Å²) in [6.07, 6.45) is 0. The molecular weight excluding hydrogens is 184 g/mol. The highest BCUT2D eigenvalue weighted by Crippen LogP contribution is 1.86. The quantitative estimate of drug-likeness (QED) is 0.439. The van der Waals surface area contributed by atoms with E-state index in [-0.39, 0.29) is 20.8 Å². The minimum absolute atomic E-state index is 0. The van der Waals surface area contributed by atoms with Crippen molar-refractivity contribution in [2.75, 3.05) is 12.3 Å². The number of likely N-dealkylation sites (N-methyl/N-ethyl adjacent to an activating group) is 1. The molecule has 0 bridgehead atoms. The lowest BCUT2D eigenvalue weighted by Crippen LogP contribution is -2.37. The van der Waals surface area contributed by atoms with E-state index in [1.54, 1.807) is 0 Å². The first kappa shape index (κ1) is 17.3. The van der Waals surface area contributed by atoms with Crippen LogP contribution in [-0.4, -0.2) is 37.8 Å². The Kier molecular flexibility index (Phi) is 15.9. The number of carboxylic acid groups (broad SMARTS) is 1. The normalized spacial score (nSPS) is 10.7. The Bertz CT molecular complexity index is 106. The Hall–Kier alpha value is 0.135. The number of carboxylic acids is 1. The largest absolute Gasteiger partial charge is 0.480 e. The molecule has 0 aliphatic heterocycles. The predicted octanol–water partition coefficient (Wildman–Crippen LogP) is 0.0199. The van der Waals surface area contributed by atoms with Crippen molar-refractivity contribution in [3.8, 4) is 0 Å². The summed E-state index contributed by atoms with van der Waals surface area (Å²) in [6, 6.07) is -0.502. The van der Waals surface area contributed by atoms with Gasteiger partial charge in [0, 0.05) is 14.2 Å². The third kappa shape index (κ3) is 8.04. The lowest BCUT2D eigenvalue weighted by atomic mass is 10.3. The fraction of sp³-hybridized carbons (Fsp3) is 0.800. The monoisotopic (exact) mass is 196 g/mol. The molecule has 0 fully saturated rings. The summed E-state index contributed by atoms with van der Waals surface area (Å²) in [5, 5.41) is 11.1. The van der Waals surface area contributed by atoms with Gasteiger partial charge in [0.25, 0.3) is 0 Å². The van der Waals surface area contributed by atoms with E-state index in [0.29, 0.717) is 12.3 Å². The molecule has 0 saturated carbocycles. The van der Waals surface area contributed by atoms with Crippen LogP contribution in [0.15, 0.2) is 0 Å². The molecule has 0 rings (SSSR count). The highest BCUT2D eigenvalue weighted by atomic mass is 35.5. The Labute approximate surface area is 80.3 Å². The number of hydrogen-bond acceptors (Lipinski definition) is 3. The maximum absolute atomic E-state index is 10.2. The van der Waals surface area contributed by atoms with Gasteiger partial charge in [0.05, 0.1) is 0 Å². The smallest absolute Gasteiger partial charge is 0.321 e. The van der Waals surface area contributed by atoms with Crippen molar-refractivity contribution < 1.29 is 9.90 Å². The van der Waals surface area contributed by atoms with Crippen LogP contribution in [0.5, 0.6) is 0 Å². The fourth-order valence-electron chi connectivity index (χ4n) is 0.476. The topological polar surface area (TPSA) is 49.3 Å². The highest BCUT2D eigenvalue weighted by Gasteiger charge is 2.11. The predicted molar refractivity (Wildman–Crippen MR) is 52.0 cm³/mol. The van der Waals surface area contributed by atoms with Crippen LogP contribution < -0.4 is 5.32 Å². The minimum atomic E-state index is -0.841. The maximum atomic E-state index is 10.2. The van der Waals surface area contributed by atoms with Gasteiger partial charge in [-0.1, -0.05) is 6.92 Å². The molecule has 1 atom stereocenters. The molecule has 0 aromatic rings. The van der Waals surface area contributed by atoms with E-state index in [1.807, 2.05) is 6.92 Å². The van der Waals surface area contributed by atoms with Crippen molar-refractivity contribution in [2.45, 2.75) is 13.0 Å². The summed E-state index contributed by atoms with van der Waals surface area (Å²) in [5.74, 6) is -0.504. The Balaban J connectivity index is -0.000000320. The number of thiol groups is 1. The van der Waals surface area contributed by atoms with Gasteiger partial charge in [0.1, 0.15) is 6.04 Å². The minimum Gasteiger partial charge on any atom is -0.480 e. The van der Waals surface area contributed by atoms with Gasteiger partial charge < -0.3 is 10.4 Å². The first-order valence-electron chi connectivity index (χ1n) is 2.79. The average Bonchev–Trinajstić information content (AvgIpc) is 1.82. The van der Waals surface area contributed by atoms with Crippen molar-refractivity contribution >= 4 is 39.4 Å². The third-order valence-corrected chi connectivity index (χ3v) is 1.30. The molecule has 65 valence electrons. The second-order valence-electron chi connectivity index (χ2n) is 1.63. The van der Waals surface area contributed by atoms with Crippen molar-refractivity contribution in [1.82, 2.24) is 5.32 Å².